The number of nitrogens with zero attached hydrogens (tertiary/aromatic N) is 2. The molecule has 1 saturated heterocycles. The summed E-state index contributed by atoms with van der Waals surface area (Å²) in [5.41, 5.74) is 3.03. The third kappa shape index (κ3) is 6.03. The first kappa shape index (κ1) is 21.3. The van der Waals surface area contributed by atoms with Gasteiger partial charge in [0.2, 0.25) is 15.9 Å². The van der Waals surface area contributed by atoms with Crippen LogP contribution in [0, 0.1) is 6.92 Å². The van der Waals surface area contributed by atoms with E-state index < -0.39 is 10.0 Å². The minimum Gasteiger partial charge on any atom is -0.379 e. The number of para-hydroxylation sites is 1. The van der Waals surface area contributed by atoms with Crippen molar-refractivity contribution in [3.63, 3.8) is 0 Å². The van der Waals surface area contributed by atoms with Crippen molar-refractivity contribution in [2.24, 2.45) is 0 Å². The molecule has 8 heteroatoms. The molecular formula is C21H27N3O4S. The number of aryl methyl sites for hydroxylation is 1. The highest BCUT2D eigenvalue weighted by Crippen LogP contribution is 2.22. The Morgan fingerprint density at radius 2 is 1.86 bits per heavy atom. The molecule has 0 radical (unpaired) electrons. The fourth-order valence-corrected chi connectivity index (χ4v) is 4.23. The van der Waals surface area contributed by atoms with E-state index in [0.29, 0.717) is 11.4 Å². The van der Waals surface area contributed by atoms with E-state index in [9.17, 15) is 13.2 Å². The Morgan fingerprint density at radius 1 is 1.14 bits per heavy atom. The summed E-state index contributed by atoms with van der Waals surface area (Å²) in [4.78, 5) is 14.9. The van der Waals surface area contributed by atoms with Crippen LogP contribution in [0.2, 0.25) is 0 Å². The normalized spacial score (nSPS) is 15.1. The van der Waals surface area contributed by atoms with Crippen molar-refractivity contribution in [3.05, 3.63) is 59.7 Å². The highest BCUT2D eigenvalue weighted by atomic mass is 32.2. The number of carbonyl (C=O) groups is 1. The minimum atomic E-state index is -3.60. The molecule has 2 aromatic rings. The Hall–Kier alpha value is -2.42. The molecule has 1 aliphatic heterocycles. The highest BCUT2D eigenvalue weighted by molar-refractivity contribution is 7.92. The van der Waals surface area contributed by atoms with Crippen molar-refractivity contribution in [1.82, 2.24) is 4.90 Å². The predicted octanol–water partition coefficient (Wildman–Crippen LogP) is 2.23. The molecule has 1 fully saturated rings. The quantitative estimate of drug-likeness (QED) is 0.747. The second-order valence-corrected chi connectivity index (χ2v) is 9.10. The average molecular weight is 418 g/mol. The van der Waals surface area contributed by atoms with Crippen LogP contribution in [0.4, 0.5) is 11.4 Å². The zero-order valence-electron chi connectivity index (χ0n) is 16.8. The predicted molar refractivity (Wildman–Crippen MR) is 115 cm³/mol. The van der Waals surface area contributed by atoms with Crippen LogP contribution >= 0.6 is 0 Å². The average Bonchev–Trinajstić information content (AvgIpc) is 2.67. The third-order valence-corrected chi connectivity index (χ3v) is 5.92. The molecule has 7 nitrogen and oxygen atoms in total. The van der Waals surface area contributed by atoms with Gasteiger partial charge in [-0.15, -0.1) is 0 Å². The molecule has 0 bridgehead atoms. The van der Waals surface area contributed by atoms with Gasteiger partial charge in [0.15, 0.2) is 0 Å². The molecule has 1 N–H and O–H groups in total. The van der Waals surface area contributed by atoms with Gasteiger partial charge >= 0.3 is 0 Å². The van der Waals surface area contributed by atoms with Gasteiger partial charge in [0.25, 0.3) is 0 Å². The Bertz CT molecular complexity index is 956. The highest BCUT2D eigenvalue weighted by Gasteiger charge is 2.22. The lowest BCUT2D eigenvalue weighted by Gasteiger charge is -2.26. The van der Waals surface area contributed by atoms with Gasteiger partial charge in [0.05, 0.1) is 25.2 Å². The molecule has 1 amide bonds. The van der Waals surface area contributed by atoms with E-state index in [1.807, 2.05) is 37.3 Å². The van der Waals surface area contributed by atoms with E-state index >= 15 is 0 Å². The SMILES string of the molecule is Cc1ccccc1N(CC(=O)Nc1cccc(CN2CCOCC2)c1)S(C)(=O)=O. The number of amides is 1. The monoisotopic (exact) mass is 417 g/mol. The summed E-state index contributed by atoms with van der Waals surface area (Å²) < 4.78 is 31.1. The maximum absolute atomic E-state index is 12.6. The molecule has 0 unspecified atom stereocenters. The summed E-state index contributed by atoms with van der Waals surface area (Å²) in [6.45, 7) is 5.56. The van der Waals surface area contributed by atoms with Gasteiger partial charge in [-0.3, -0.25) is 14.0 Å². The van der Waals surface area contributed by atoms with Crippen molar-refractivity contribution in [3.8, 4) is 0 Å². The standard InChI is InChI=1S/C21H27N3O4S/c1-17-6-3-4-9-20(17)24(29(2,26)27)16-21(25)22-19-8-5-7-18(14-19)15-23-10-12-28-13-11-23/h3-9,14H,10-13,15-16H2,1-2H3,(H,22,25). The first-order chi connectivity index (χ1) is 13.8. The second kappa shape index (κ2) is 9.39. The lowest BCUT2D eigenvalue weighted by molar-refractivity contribution is -0.114. The van der Waals surface area contributed by atoms with Crippen LogP contribution in [0.15, 0.2) is 48.5 Å². The Labute approximate surface area is 172 Å². The van der Waals surface area contributed by atoms with Gasteiger partial charge < -0.3 is 10.1 Å². The molecule has 0 aromatic heterocycles. The summed E-state index contributed by atoms with van der Waals surface area (Å²) in [5.74, 6) is -0.387. The number of hydrogen-bond donors (Lipinski definition) is 1. The number of carbonyl (C=O) groups excluding carboxylic acids is 1. The largest absolute Gasteiger partial charge is 0.379 e. The topological polar surface area (TPSA) is 79.0 Å². The van der Waals surface area contributed by atoms with Crippen molar-refractivity contribution in [1.29, 1.82) is 0 Å². The fraction of sp³-hybridized carbons (Fsp3) is 0.381. The zero-order valence-corrected chi connectivity index (χ0v) is 17.6. The van der Waals surface area contributed by atoms with Crippen LogP contribution in [0.1, 0.15) is 11.1 Å². The molecule has 0 aliphatic carbocycles. The van der Waals surface area contributed by atoms with E-state index in [-0.39, 0.29) is 12.5 Å². The van der Waals surface area contributed by atoms with Crippen LogP contribution in [0.25, 0.3) is 0 Å². The number of rotatable bonds is 7. The number of morpholine rings is 1. The zero-order chi connectivity index (χ0) is 20.9. The van der Waals surface area contributed by atoms with E-state index in [1.54, 1.807) is 18.2 Å². The fourth-order valence-electron chi connectivity index (χ4n) is 3.32. The molecule has 29 heavy (non-hydrogen) atoms. The number of hydrogen-bond acceptors (Lipinski definition) is 5. The first-order valence-electron chi connectivity index (χ1n) is 9.55. The van der Waals surface area contributed by atoms with E-state index in [1.165, 1.54) is 0 Å². The summed E-state index contributed by atoms with van der Waals surface area (Å²) in [6.07, 6.45) is 1.11. The van der Waals surface area contributed by atoms with Gasteiger partial charge in [-0.25, -0.2) is 8.42 Å². The van der Waals surface area contributed by atoms with Crippen molar-refractivity contribution in [2.45, 2.75) is 13.5 Å². The summed E-state index contributed by atoms with van der Waals surface area (Å²) in [6, 6.07) is 14.7. The van der Waals surface area contributed by atoms with Crippen LogP contribution in [0.3, 0.4) is 0 Å². The van der Waals surface area contributed by atoms with Crippen LogP contribution in [-0.4, -0.2) is 58.3 Å². The number of sulfonamides is 1. The lowest BCUT2D eigenvalue weighted by atomic mass is 10.2. The van der Waals surface area contributed by atoms with E-state index in [0.717, 1.165) is 54.5 Å². The van der Waals surface area contributed by atoms with Gasteiger partial charge in [0.1, 0.15) is 6.54 Å². The second-order valence-electron chi connectivity index (χ2n) is 7.19. The molecule has 2 aromatic carbocycles. The number of anilines is 2. The lowest BCUT2D eigenvalue weighted by Crippen LogP contribution is -2.38. The number of ether oxygens (including phenoxy) is 1. The molecule has 0 saturated carbocycles. The first-order valence-corrected chi connectivity index (χ1v) is 11.4. The molecule has 3 rings (SSSR count). The smallest absolute Gasteiger partial charge is 0.245 e. The van der Waals surface area contributed by atoms with Gasteiger partial charge in [0, 0.05) is 25.3 Å². The minimum absolute atomic E-state index is 0.280. The number of benzene rings is 2. The molecule has 1 heterocycles. The summed E-state index contributed by atoms with van der Waals surface area (Å²) in [5, 5.41) is 2.82. The molecule has 1 aliphatic rings. The van der Waals surface area contributed by atoms with Crippen molar-refractivity contribution < 1.29 is 17.9 Å². The Kier molecular flexibility index (Phi) is 6.89. The van der Waals surface area contributed by atoms with Gasteiger partial charge in [-0.05, 0) is 36.2 Å². The van der Waals surface area contributed by atoms with Crippen LogP contribution < -0.4 is 9.62 Å². The van der Waals surface area contributed by atoms with Crippen LogP contribution in [0.5, 0.6) is 0 Å². The molecular weight excluding hydrogens is 390 g/mol. The number of nitrogens with one attached hydrogen (secondary N) is 1. The van der Waals surface area contributed by atoms with Gasteiger partial charge in [-0.2, -0.15) is 0 Å². The van der Waals surface area contributed by atoms with Gasteiger partial charge in [-0.1, -0.05) is 30.3 Å². The molecule has 0 spiro atoms. The molecule has 156 valence electrons. The van der Waals surface area contributed by atoms with E-state index in [2.05, 4.69) is 10.2 Å². The Balaban J connectivity index is 1.69. The molecule has 0 atom stereocenters. The Morgan fingerprint density at radius 3 is 2.55 bits per heavy atom. The van der Waals surface area contributed by atoms with E-state index in [4.69, 9.17) is 4.74 Å². The summed E-state index contributed by atoms with van der Waals surface area (Å²) >= 11 is 0. The van der Waals surface area contributed by atoms with Crippen molar-refractivity contribution >= 4 is 27.3 Å². The maximum Gasteiger partial charge on any atom is 0.245 e. The third-order valence-electron chi connectivity index (χ3n) is 4.79. The van der Waals surface area contributed by atoms with Crippen LogP contribution in [-0.2, 0) is 26.1 Å². The summed E-state index contributed by atoms with van der Waals surface area (Å²) in [7, 11) is -3.60. The van der Waals surface area contributed by atoms with Crippen molar-refractivity contribution in [2.75, 3.05) is 48.7 Å². The maximum atomic E-state index is 12.6.